The molecule has 1 saturated carbocycles. The minimum atomic E-state index is -0.754. The van der Waals surface area contributed by atoms with E-state index in [1.807, 2.05) is 24.3 Å². The molecule has 1 aliphatic rings. The van der Waals surface area contributed by atoms with Crippen molar-refractivity contribution < 1.29 is 9.13 Å². The average molecular weight is 194 g/mol. The van der Waals surface area contributed by atoms with Gasteiger partial charge in [0.1, 0.15) is 11.9 Å². The van der Waals surface area contributed by atoms with Crippen LogP contribution in [0.4, 0.5) is 4.39 Å². The molecule has 0 amide bonds. The van der Waals surface area contributed by atoms with Crippen LogP contribution in [0.25, 0.3) is 0 Å². The molecular weight excluding hydrogens is 179 g/mol. The van der Waals surface area contributed by atoms with Crippen LogP contribution >= 0.6 is 0 Å². The van der Waals surface area contributed by atoms with E-state index in [4.69, 9.17) is 4.74 Å². The summed E-state index contributed by atoms with van der Waals surface area (Å²) in [5, 5.41) is 0. The monoisotopic (exact) mass is 194 g/mol. The molecule has 1 aromatic rings. The molecule has 1 aromatic carbocycles. The van der Waals surface area contributed by atoms with E-state index in [1.54, 1.807) is 14.0 Å². The minimum Gasteiger partial charge on any atom is -0.497 e. The Balaban J connectivity index is 2.25. The summed E-state index contributed by atoms with van der Waals surface area (Å²) in [6, 6.07) is 7.75. The van der Waals surface area contributed by atoms with Crippen molar-refractivity contribution in [2.45, 2.75) is 31.4 Å². The number of alkyl halides is 1. The van der Waals surface area contributed by atoms with Gasteiger partial charge in [0.15, 0.2) is 0 Å². The zero-order valence-corrected chi connectivity index (χ0v) is 8.59. The summed E-state index contributed by atoms with van der Waals surface area (Å²) in [6.07, 6.45) is 1.18. The average Bonchev–Trinajstić information content (AvgIpc) is 2.99. The Labute approximate surface area is 83.9 Å². The molecule has 14 heavy (non-hydrogen) atoms. The third-order valence-electron chi connectivity index (χ3n) is 3.22. The molecule has 1 unspecified atom stereocenters. The van der Waals surface area contributed by atoms with E-state index in [9.17, 15) is 4.39 Å². The lowest BCUT2D eigenvalue weighted by Crippen LogP contribution is -2.18. The second kappa shape index (κ2) is 3.26. The zero-order chi connectivity index (χ0) is 10.2. The first kappa shape index (κ1) is 9.50. The Morgan fingerprint density at radius 2 is 1.86 bits per heavy atom. The second-order valence-corrected chi connectivity index (χ2v) is 4.00. The third kappa shape index (κ3) is 1.39. The largest absolute Gasteiger partial charge is 0.497 e. The standard InChI is InChI=1S/C12H15FO/c1-9(13)12(7-8-12)10-3-5-11(14-2)6-4-10/h3-6,9H,7-8H2,1-2H3. The Morgan fingerprint density at radius 1 is 1.29 bits per heavy atom. The number of benzene rings is 1. The quantitative estimate of drug-likeness (QED) is 0.718. The molecule has 0 bridgehead atoms. The molecule has 1 aliphatic carbocycles. The van der Waals surface area contributed by atoms with Crippen molar-refractivity contribution in [1.29, 1.82) is 0 Å². The fourth-order valence-corrected chi connectivity index (χ4v) is 1.97. The van der Waals surface area contributed by atoms with Crippen molar-refractivity contribution in [3.63, 3.8) is 0 Å². The molecule has 0 saturated heterocycles. The van der Waals surface area contributed by atoms with Gasteiger partial charge in [-0.3, -0.25) is 0 Å². The Morgan fingerprint density at radius 3 is 2.21 bits per heavy atom. The van der Waals surface area contributed by atoms with E-state index in [2.05, 4.69) is 0 Å². The lowest BCUT2D eigenvalue weighted by molar-refractivity contribution is 0.290. The number of hydrogen-bond donors (Lipinski definition) is 0. The fourth-order valence-electron chi connectivity index (χ4n) is 1.97. The van der Waals surface area contributed by atoms with Crippen LogP contribution < -0.4 is 4.74 Å². The first-order valence-corrected chi connectivity index (χ1v) is 4.98. The molecule has 0 aromatic heterocycles. The molecule has 0 N–H and O–H groups in total. The van der Waals surface area contributed by atoms with Gasteiger partial charge < -0.3 is 4.74 Å². The van der Waals surface area contributed by atoms with Crippen molar-refractivity contribution in [2.24, 2.45) is 0 Å². The topological polar surface area (TPSA) is 9.23 Å². The maximum absolute atomic E-state index is 13.4. The van der Waals surface area contributed by atoms with Crippen LogP contribution in [-0.4, -0.2) is 13.3 Å². The molecule has 0 aliphatic heterocycles. The van der Waals surface area contributed by atoms with E-state index in [1.165, 1.54) is 0 Å². The van der Waals surface area contributed by atoms with Gasteiger partial charge in [0, 0.05) is 5.41 Å². The minimum absolute atomic E-state index is 0.188. The number of halogens is 1. The molecule has 76 valence electrons. The normalized spacial score (nSPS) is 20.2. The lowest BCUT2D eigenvalue weighted by Gasteiger charge is -2.17. The smallest absolute Gasteiger partial charge is 0.118 e. The predicted molar refractivity (Wildman–Crippen MR) is 54.5 cm³/mol. The Hall–Kier alpha value is -1.05. The highest BCUT2D eigenvalue weighted by Gasteiger charge is 2.49. The Kier molecular flexibility index (Phi) is 2.22. The fraction of sp³-hybridized carbons (Fsp3) is 0.500. The molecule has 0 radical (unpaired) electrons. The van der Waals surface area contributed by atoms with Crippen molar-refractivity contribution in [2.75, 3.05) is 7.11 Å². The molecule has 2 heteroatoms. The van der Waals surface area contributed by atoms with Crippen molar-refractivity contribution in [1.82, 2.24) is 0 Å². The summed E-state index contributed by atoms with van der Waals surface area (Å²) in [6.45, 7) is 1.65. The van der Waals surface area contributed by atoms with Gasteiger partial charge in [-0.25, -0.2) is 4.39 Å². The van der Waals surface area contributed by atoms with E-state index in [0.29, 0.717) is 0 Å². The highest BCUT2D eigenvalue weighted by Crippen LogP contribution is 2.52. The van der Waals surface area contributed by atoms with Gasteiger partial charge in [-0.2, -0.15) is 0 Å². The van der Waals surface area contributed by atoms with E-state index in [-0.39, 0.29) is 5.41 Å². The summed E-state index contributed by atoms with van der Waals surface area (Å²) in [7, 11) is 1.64. The van der Waals surface area contributed by atoms with Crippen LogP contribution in [0.1, 0.15) is 25.3 Å². The van der Waals surface area contributed by atoms with Gasteiger partial charge in [-0.1, -0.05) is 12.1 Å². The SMILES string of the molecule is COc1ccc(C2(C(C)F)CC2)cc1. The van der Waals surface area contributed by atoms with E-state index in [0.717, 1.165) is 24.2 Å². The highest BCUT2D eigenvalue weighted by molar-refractivity contribution is 5.37. The summed E-state index contributed by atoms with van der Waals surface area (Å²) < 4.78 is 18.4. The van der Waals surface area contributed by atoms with E-state index >= 15 is 0 Å². The maximum atomic E-state index is 13.4. The molecular formula is C12H15FO. The summed E-state index contributed by atoms with van der Waals surface area (Å²) in [4.78, 5) is 0. The van der Waals surface area contributed by atoms with Crippen molar-refractivity contribution >= 4 is 0 Å². The first-order valence-electron chi connectivity index (χ1n) is 4.98. The summed E-state index contributed by atoms with van der Waals surface area (Å²) in [5.41, 5.74) is 0.917. The second-order valence-electron chi connectivity index (χ2n) is 4.00. The molecule has 1 nitrogen and oxygen atoms in total. The van der Waals surface area contributed by atoms with E-state index < -0.39 is 6.17 Å². The molecule has 0 spiro atoms. The van der Waals surface area contributed by atoms with Crippen molar-refractivity contribution in [3.8, 4) is 5.75 Å². The van der Waals surface area contributed by atoms with Crippen LogP contribution in [0, 0.1) is 0 Å². The van der Waals surface area contributed by atoms with Gasteiger partial charge in [0.25, 0.3) is 0 Å². The summed E-state index contributed by atoms with van der Waals surface area (Å²) >= 11 is 0. The lowest BCUT2D eigenvalue weighted by atomic mass is 9.92. The van der Waals surface area contributed by atoms with Gasteiger partial charge in [-0.05, 0) is 37.5 Å². The molecule has 1 atom stereocenters. The highest BCUT2D eigenvalue weighted by atomic mass is 19.1. The van der Waals surface area contributed by atoms with Crippen LogP contribution in [0.2, 0.25) is 0 Å². The van der Waals surface area contributed by atoms with Gasteiger partial charge in [0.05, 0.1) is 7.11 Å². The number of rotatable bonds is 3. The van der Waals surface area contributed by atoms with Gasteiger partial charge >= 0.3 is 0 Å². The van der Waals surface area contributed by atoms with Crippen LogP contribution in [0.15, 0.2) is 24.3 Å². The molecule has 2 rings (SSSR count). The summed E-state index contributed by atoms with van der Waals surface area (Å²) in [5.74, 6) is 0.830. The van der Waals surface area contributed by atoms with Crippen LogP contribution in [0.5, 0.6) is 5.75 Å². The van der Waals surface area contributed by atoms with Gasteiger partial charge in [-0.15, -0.1) is 0 Å². The van der Waals surface area contributed by atoms with Crippen LogP contribution in [0.3, 0.4) is 0 Å². The predicted octanol–water partition coefficient (Wildman–Crippen LogP) is 3.08. The first-order chi connectivity index (χ1) is 6.69. The van der Waals surface area contributed by atoms with Gasteiger partial charge in [0.2, 0.25) is 0 Å². The number of ether oxygens (including phenoxy) is 1. The number of hydrogen-bond acceptors (Lipinski definition) is 1. The van der Waals surface area contributed by atoms with Crippen LogP contribution in [-0.2, 0) is 5.41 Å². The van der Waals surface area contributed by atoms with Crippen molar-refractivity contribution in [3.05, 3.63) is 29.8 Å². The molecule has 0 heterocycles. The number of methoxy groups -OCH3 is 1. The third-order valence-corrected chi connectivity index (χ3v) is 3.22. The molecule has 1 fully saturated rings. The maximum Gasteiger partial charge on any atom is 0.118 e. The zero-order valence-electron chi connectivity index (χ0n) is 8.59. The Bertz CT molecular complexity index is 312.